The van der Waals surface area contributed by atoms with Gasteiger partial charge in [-0.15, -0.1) is 0 Å². The van der Waals surface area contributed by atoms with Gasteiger partial charge in [-0.25, -0.2) is 18.4 Å². The standard InChI is InChI=1S/C12H18ClN3O2S/c1-9-3-5-10(6-4-9)16(2)19(17,18)11-7-14-12(13)15-8-11/h7-10H,3-6H2,1-2H3. The first-order chi connectivity index (χ1) is 8.91. The predicted molar refractivity (Wildman–Crippen MR) is 73.4 cm³/mol. The molecule has 0 saturated heterocycles. The Morgan fingerprint density at radius 2 is 1.74 bits per heavy atom. The van der Waals surface area contributed by atoms with Gasteiger partial charge in [0, 0.05) is 13.1 Å². The molecule has 1 saturated carbocycles. The van der Waals surface area contributed by atoms with Gasteiger partial charge in [0.1, 0.15) is 4.90 Å². The van der Waals surface area contributed by atoms with E-state index in [1.807, 2.05) is 0 Å². The van der Waals surface area contributed by atoms with Crippen molar-refractivity contribution in [3.05, 3.63) is 17.7 Å². The van der Waals surface area contributed by atoms with Crippen LogP contribution in [0.25, 0.3) is 0 Å². The lowest BCUT2D eigenvalue weighted by Crippen LogP contribution is -2.39. The zero-order valence-electron chi connectivity index (χ0n) is 11.1. The molecular formula is C12H18ClN3O2S. The number of aromatic nitrogens is 2. The fraction of sp³-hybridized carbons (Fsp3) is 0.667. The fourth-order valence-electron chi connectivity index (χ4n) is 2.40. The molecule has 1 aliphatic rings. The van der Waals surface area contributed by atoms with Crippen LogP contribution in [-0.2, 0) is 10.0 Å². The third-order valence-corrected chi connectivity index (χ3v) is 5.83. The van der Waals surface area contributed by atoms with Crippen LogP contribution in [0, 0.1) is 5.92 Å². The largest absolute Gasteiger partial charge is 0.246 e. The molecule has 106 valence electrons. The minimum atomic E-state index is -3.52. The van der Waals surface area contributed by atoms with Crippen LogP contribution in [0.1, 0.15) is 32.6 Å². The average Bonchev–Trinajstić information content (AvgIpc) is 2.39. The summed E-state index contributed by atoms with van der Waals surface area (Å²) >= 11 is 5.58. The van der Waals surface area contributed by atoms with E-state index >= 15 is 0 Å². The quantitative estimate of drug-likeness (QED) is 0.804. The molecule has 0 atom stereocenters. The van der Waals surface area contributed by atoms with Gasteiger partial charge in [0.15, 0.2) is 0 Å². The maximum atomic E-state index is 12.4. The van der Waals surface area contributed by atoms with Crippen molar-refractivity contribution in [2.75, 3.05) is 7.05 Å². The van der Waals surface area contributed by atoms with E-state index in [1.165, 1.54) is 16.7 Å². The summed E-state index contributed by atoms with van der Waals surface area (Å²) in [5.41, 5.74) is 0. The minimum Gasteiger partial charge on any atom is -0.225 e. The van der Waals surface area contributed by atoms with Crippen molar-refractivity contribution in [1.82, 2.24) is 14.3 Å². The zero-order chi connectivity index (χ0) is 14.0. The lowest BCUT2D eigenvalue weighted by molar-refractivity contribution is 0.246. The van der Waals surface area contributed by atoms with E-state index in [2.05, 4.69) is 16.9 Å². The number of sulfonamides is 1. The Labute approximate surface area is 119 Å². The number of halogens is 1. The van der Waals surface area contributed by atoms with Crippen LogP contribution in [0.5, 0.6) is 0 Å². The maximum Gasteiger partial charge on any atom is 0.246 e. The van der Waals surface area contributed by atoms with Crippen LogP contribution in [0.4, 0.5) is 0 Å². The SMILES string of the molecule is CC1CCC(N(C)S(=O)(=O)c2cnc(Cl)nc2)CC1. The number of nitrogens with zero attached hydrogens (tertiary/aromatic N) is 3. The molecule has 1 heterocycles. The van der Waals surface area contributed by atoms with Crippen LogP contribution < -0.4 is 0 Å². The van der Waals surface area contributed by atoms with E-state index in [0.29, 0.717) is 5.92 Å². The summed E-state index contributed by atoms with van der Waals surface area (Å²) in [6.07, 6.45) is 6.47. The second-order valence-corrected chi connectivity index (χ2v) is 7.46. The van der Waals surface area contributed by atoms with Crippen molar-refractivity contribution in [3.8, 4) is 0 Å². The van der Waals surface area contributed by atoms with Crippen molar-refractivity contribution in [3.63, 3.8) is 0 Å². The Hall–Kier alpha value is -0.720. The summed E-state index contributed by atoms with van der Waals surface area (Å²) in [5.74, 6) is 0.686. The van der Waals surface area contributed by atoms with Gasteiger partial charge < -0.3 is 0 Å². The number of rotatable bonds is 3. The summed E-state index contributed by atoms with van der Waals surface area (Å²) in [6, 6.07) is 0.0666. The monoisotopic (exact) mass is 303 g/mol. The van der Waals surface area contributed by atoms with E-state index in [9.17, 15) is 8.42 Å². The first kappa shape index (κ1) is 14.7. The molecule has 2 rings (SSSR count). The van der Waals surface area contributed by atoms with Crippen molar-refractivity contribution in [1.29, 1.82) is 0 Å². The second-order valence-electron chi connectivity index (χ2n) is 5.12. The second kappa shape index (κ2) is 5.73. The topological polar surface area (TPSA) is 63.2 Å². The Morgan fingerprint density at radius 1 is 1.21 bits per heavy atom. The van der Waals surface area contributed by atoms with Crippen LogP contribution in [-0.4, -0.2) is 35.8 Å². The zero-order valence-corrected chi connectivity index (χ0v) is 12.7. The Balaban J connectivity index is 2.17. The highest BCUT2D eigenvalue weighted by Crippen LogP contribution is 2.29. The molecular weight excluding hydrogens is 286 g/mol. The molecule has 0 radical (unpaired) electrons. The van der Waals surface area contributed by atoms with Gasteiger partial charge in [-0.1, -0.05) is 6.92 Å². The van der Waals surface area contributed by atoms with E-state index in [1.54, 1.807) is 7.05 Å². The van der Waals surface area contributed by atoms with Gasteiger partial charge in [0.2, 0.25) is 15.3 Å². The molecule has 0 N–H and O–H groups in total. The Bertz CT molecular complexity index is 524. The summed E-state index contributed by atoms with van der Waals surface area (Å²) in [4.78, 5) is 7.56. The van der Waals surface area contributed by atoms with Gasteiger partial charge in [-0.3, -0.25) is 0 Å². The summed E-state index contributed by atoms with van der Waals surface area (Å²) < 4.78 is 26.3. The normalized spacial score (nSPS) is 24.6. The average molecular weight is 304 g/mol. The molecule has 0 aliphatic heterocycles. The van der Waals surface area contributed by atoms with Crippen LogP contribution >= 0.6 is 11.6 Å². The Morgan fingerprint density at radius 3 is 2.26 bits per heavy atom. The molecule has 1 aromatic heterocycles. The first-order valence-electron chi connectivity index (χ1n) is 6.37. The first-order valence-corrected chi connectivity index (χ1v) is 8.18. The van der Waals surface area contributed by atoms with Gasteiger partial charge in [0.05, 0.1) is 12.4 Å². The summed E-state index contributed by atoms with van der Waals surface area (Å²) in [6.45, 7) is 2.21. The third kappa shape index (κ3) is 3.24. The highest BCUT2D eigenvalue weighted by molar-refractivity contribution is 7.89. The molecule has 0 amide bonds. The summed E-state index contributed by atoms with van der Waals surface area (Å²) in [5, 5.41) is 0.0492. The molecule has 7 heteroatoms. The molecule has 1 aliphatic carbocycles. The van der Waals surface area contributed by atoms with Crippen molar-refractivity contribution in [2.45, 2.75) is 43.5 Å². The van der Waals surface area contributed by atoms with Gasteiger partial charge in [0.25, 0.3) is 0 Å². The Kier molecular flexibility index (Phi) is 4.43. The van der Waals surface area contributed by atoms with Gasteiger partial charge >= 0.3 is 0 Å². The lowest BCUT2D eigenvalue weighted by Gasteiger charge is -2.32. The predicted octanol–water partition coefficient (Wildman–Crippen LogP) is 2.33. The van der Waals surface area contributed by atoms with E-state index < -0.39 is 10.0 Å². The van der Waals surface area contributed by atoms with Crippen LogP contribution in [0.2, 0.25) is 5.28 Å². The molecule has 1 aromatic rings. The van der Waals surface area contributed by atoms with E-state index in [-0.39, 0.29) is 16.2 Å². The highest BCUT2D eigenvalue weighted by atomic mass is 35.5. The molecule has 1 fully saturated rings. The van der Waals surface area contributed by atoms with Gasteiger partial charge in [-0.2, -0.15) is 4.31 Å². The molecule has 19 heavy (non-hydrogen) atoms. The van der Waals surface area contributed by atoms with E-state index in [4.69, 9.17) is 11.6 Å². The van der Waals surface area contributed by atoms with Gasteiger partial charge in [-0.05, 0) is 43.2 Å². The van der Waals surface area contributed by atoms with Crippen LogP contribution in [0.15, 0.2) is 17.3 Å². The minimum absolute atomic E-state index is 0.0492. The molecule has 0 unspecified atom stereocenters. The number of hydrogen-bond donors (Lipinski definition) is 0. The maximum absolute atomic E-state index is 12.4. The highest BCUT2D eigenvalue weighted by Gasteiger charge is 2.30. The van der Waals surface area contributed by atoms with Crippen molar-refractivity contribution in [2.24, 2.45) is 5.92 Å². The van der Waals surface area contributed by atoms with Crippen LogP contribution in [0.3, 0.4) is 0 Å². The van der Waals surface area contributed by atoms with E-state index in [0.717, 1.165) is 25.7 Å². The smallest absolute Gasteiger partial charge is 0.225 e. The molecule has 5 nitrogen and oxygen atoms in total. The van der Waals surface area contributed by atoms with Crippen molar-refractivity contribution >= 4 is 21.6 Å². The summed E-state index contributed by atoms with van der Waals surface area (Å²) in [7, 11) is -1.89. The molecule has 0 bridgehead atoms. The fourth-order valence-corrected chi connectivity index (χ4v) is 3.81. The molecule has 0 spiro atoms. The number of hydrogen-bond acceptors (Lipinski definition) is 4. The van der Waals surface area contributed by atoms with Crippen molar-refractivity contribution < 1.29 is 8.42 Å². The molecule has 0 aromatic carbocycles. The third-order valence-electron chi connectivity index (χ3n) is 3.77. The lowest BCUT2D eigenvalue weighted by atomic mass is 9.87.